The van der Waals surface area contributed by atoms with Gasteiger partial charge in [-0.2, -0.15) is 4.98 Å². The van der Waals surface area contributed by atoms with Crippen molar-refractivity contribution in [3.8, 4) is 22.6 Å². The van der Waals surface area contributed by atoms with E-state index in [4.69, 9.17) is 4.74 Å². The maximum Gasteiger partial charge on any atom is 0.247 e. The number of hydrogen-bond donors (Lipinski definition) is 1. The average molecular weight is 428 g/mol. The van der Waals surface area contributed by atoms with E-state index in [0.717, 1.165) is 33.8 Å². The van der Waals surface area contributed by atoms with E-state index in [0.29, 0.717) is 17.3 Å². The van der Waals surface area contributed by atoms with Crippen LogP contribution in [-0.4, -0.2) is 31.3 Å². The van der Waals surface area contributed by atoms with Crippen molar-refractivity contribution in [1.82, 2.24) is 24.1 Å². The third-order valence-corrected chi connectivity index (χ3v) is 5.27. The molecule has 1 N–H and O–H groups in total. The largest absolute Gasteiger partial charge is 0.494 e. The molecule has 7 nitrogen and oxygen atoms in total. The second kappa shape index (κ2) is 7.81. The molecule has 0 aliphatic carbocycles. The van der Waals surface area contributed by atoms with E-state index in [1.807, 2.05) is 61.1 Å². The highest BCUT2D eigenvalue weighted by molar-refractivity contribution is 5.80. The maximum absolute atomic E-state index is 13.6. The summed E-state index contributed by atoms with van der Waals surface area (Å²) in [5.41, 5.74) is 5.92. The van der Waals surface area contributed by atoms with E-state index >= 15 is 0 Å². The monoisotopic (exact) mass is 428 g/mol. The highest BCUT2D eigenvalue weighted by Gasteiger charge is 2.13. The van der Waals surface area contributed by atoms with Gasteiger partial charge in [-0.05, 0) is 61.4 Å². The van der Waals surface area contributed by atoms with Gasteiger partial charge in [-0.1, -0.05) is 6.07 Å². The summed E-state index contributed by atoms with van der Waals surface area (Å²) in [5, 5.41) is 7.79. The summed E-state index contributed by atoms with van der Waals surface area (Å²) in [4.78, 5) is 8.95. The van der Waals surface area contributed by atoms with Crippen LogP contribution < -0.4 is 10.1 Å². The minimum absolute atomic E-state index is 0.259. The zero-order valence-corrected chi connectivity index (χ0v) is 17.9. The quantitative estimate of drug-likeness (QED) is 0.422. The molecule has 0 aliphatic heterocycles. The van der Waals surface area contributed by atoms with Crippen molar-refractivity contribution in [2.45, 2.75) is 13.8 Å². The average Bonchev–Trinajstić information content (AvgIpc) is 3.39. The Balaban J connectivity index is 1.50. The molecular weight excluding hydrogens is 407 g/mol. The predicted octanol–water partition coefficient (Wildman–Crippen LogP) is 5.09. The van der Waals surface area contributed by atoms with Crippen LogP contribution in [0.2, 0.25) is 0 Å². The molecule has 0 bridgehead atoms. The first-order chi connectivity index (χ1) is 15.5. The molecule has 0 amide bonds. The van der Waals surface area contributed by atoms with Gasteiger partial charge in [0.2, 0.25) is 5.95 Å². The Morgan fingerprint density at radius 1 is 1.03 bits per heavy atom. The van der Waals surface area contributed by atoms with Crippen LogP contribution in [0.1, 0.15) is 11.3 Å². The summed E-state index contributed by atoms with van der Waals surface area (Å²) in [6.07, 6.45) is 5.53. The molecule has 2 aromatic carbocycles. The maximum atomic E-state index is 13.6. The van der Waals surface area contributed by atoms with Crippen LogP contribution in [0.4, 0.5) is 16.0 Å². The first-order valence-corrected chi connectivity index (χ1v) is 10.1. The van der Waals surface area contributed by atoms with E-state index < -0.39 is 0 Å². The molecule has 8 heteroatoms. The molecule has 5 aromatic rings. The normalized spacial score (nSPS) is 11.1. The molecule has 32 heavy (non-hydrogen) atoms. The number of rotatable bonds is 5. The van der Waals surface area contributed by atoms with Crippen molar-refractivity contribution < 1.29 is 9.13 Å². The smallest absolute Gasteiger partial charge is 0.247 e. The number of anilines is 2. The molecule has 3 aromatic heterocycles. The van der Waals surface area contributed by atoms with Gasteiger partial charge in [0.1, 0.15) is 11.6 Å². The van der Waals surface area contributed by atoms with Gasteiger partial charge in [0.05, 0.1) is 24.8 Å². The van der Waals surface area contributed by atoms with Crippen molar-refractivity contribution in [1.29, 1.82) is 0 Å². The minimum atomic E-state index is -0.259. The highest BCUT2D eigenvalue weighted by atomic mass is 19.1. The Morgan fingerprint density at radius 3 is 2.66 bits per heavy atom. The number of ether oxygens (including phenoxy) is 1. The lowest BCUT2D eigenvalue weighted by Crippen LogP contribution is -1.98. The van der Waals surface area contributed by atoms with Gasteiger partial charge in [-0.3, -0.25) is 0 Å². The second-order valence-corrected chi connectivity index (χ2v) is 7.52. The standard InChI is InChI=1S/C24H21FN6O/c1-15-11-17(25)6-8-19(15)20-5-4-10-31-23(20)28-24(29-31)27-18-7-9-21(22(12-18)32-3)30-13-16(2)26-14-30/h4-14H,1-3H3,(H,27,29). The highest BCUT2D eigenvalue weighted by Crippen LogP contribution is 2.30. The van der Waals surface area contributed by atoms with Gasteiger partial charge in [-0.15, -0.1) is 5.10 Å². The lowest BCUT2D eigenvalue weighted by molar-refractivity contribution is 0.413. The van der Waals surface area contributed by atoms with Gasteiger partial charge in [-0.25, -0.2) is 13.9 Å². The number of aryl methyl sites for hydroxylation is 2. The number of fused-ring (bicyclic) bond motifs is 1. The molecule has 0 saturated carbocycles. The molecule has 3 heterocycles. The predicted molar refractivity (Wildman–Crippen MR) is 121 cm³/mol. The van der Waals surface area contributed by atoms with Gasteiger partial charge in [0.25, 0.3) is 0 Å². The molecule has 160 valence electrons. The topological polar surface area (TPSA) is 69.3 Å². The lowest BCUT2D eigenvalue weighted by Gasteiger charge is -2.11. The van der Waals surface area contributed by atoms with E-state index in [1.54, 1.807) is 24.0 Å². The number of nitrogens with one attached hydrogen (secondary N) is 1. The van der Waals surface area contributed by atoms with Crippen molar-refractivity contribution in [3.63, 3.8) is 0 Å². The van der Waals surface area contributed by atoms with Crippen LogP contribution in [0.3, 0.4) is 0 Å². The van der Waals surface area contributed by atoms with E-state index in [-0.39, 0.29) is 5.82 Å². The Kier molecular flexibility index (Phi) is 4.82. The van der Waals surface area contributed by atoms with Gasteiger partial charge < -0.3 is 14.6 Å². The van der Waals surface area contributed by atoms with Crippen molar-refractivity contribution in [2.75, 3.05) is 12.4 Å². The summed E-state index contributed by atoms with van der Waals surface area (Å²) in [7, 11) is 1.63. The Morgan fingerprint density at radius 2 is 1.91 bits per heavy atom. The van der Waals surface area contributed by atoms with Gasteiger partial charge in [0.15, 0.2) is 5.65 Å². The fourth-order valence-corrected chi connectivity index (χ4v) is 3.75. The van der Waals surface area contributed by atoms with Crippen LogP contribution >= 0.6 is 0 Å². The molecule has 0 atom stereocenters. The van der Waals surface area contributed by atoms with Crippen LogP contribution in [0.25, 0.3) is 22.5 Å². The number of pyridine rings is 1. The fraction of sp³-hybridized carbons (Fsp3) is 0.125. The third-order valence-electron chi connectivity index (χ3n) is 5.27. The molecule has 0 saturated heterocycles. The molecule has 0 unspecified atom stereocenters. The summed E-state index contributed by atoms with van der Waals surface area (Å²) < 4.78 is 22.8. The van der Waals surface area contributed by atoms with Crippen LogP contribution in [-0.2, 0) is 0 Å². The molecule has 0 radical (unpaired) electrons. The number of imidazole rings is 1. The Bertz CT molecular complexity index is 1440. The molecule has 0 spiro atoms. The van der Waals surface area contributed by atoms with E-state index in [2.05, 4.69) is 20.4 Å². The molecule has 0 fully saturated rings. The number of halogens is 1. The molecule has 0 aliphatic rings. The summed E-state index contributed by atoms with van der Waals surface area (Å²) in [6, 6.07) is 14.4. The SMILES string of the molecule is COc1cc(Nc2nc3c(-c4ccc(F)cc4C)cccn3n2)ccc1-n1cnc(C)c1. The summed E-state index contributed by atoms with van der Waals surface area (Å²) in [5.74, 6) is 0.884. The van der Waals surface area contributed by atoms with Gasteiger partial charge in [0, 0.05) is 29.7 Å². The second-order valence-electron chi connectivity index (χ2n) is 7.52. The first kappa shape index (κ1) is 19.7. The lowest BCUT2D eigenvalue weighted by atomic mass is 10.0. The number of aromatic nitrogens is 5. The van der Waals surface area contributed by atoms with Crippen molar-refractivity contribution >= 4 is 17.3 Å². The third kappa shape index (κ3) is 3.56. The van der Waals surface area contributed by atoms with Crippen molar-refractivity contribution in [3.05, 3.63) is 84.3 Å². The number of methoxy groups -OCH3 is 1. The van der Waals surface area contributed by atoms with Crippen LogP contribution in [0.15, 0.2) is 67.3 Å². The van der Waals surface area contributed by atoms with Crippen LogP contribution in [0, 0.1) is 19.7 Å². The minimum Gasteiger partial charge on any atom is -0.494 e. The number of benzene rings is 2. The number of hydrogen-bond acceptors (Lipinski definition) is 5. The molecule has 5 rings (SSSR count). The fourth-order valence-electron chi connectivity index (χ4n) is 3.75. The van der Waals surface area contributed by atoms with Crippen LogP contribution in [0.5, 0.6) is 5.75 Å². The molecular formula is C24H21FN6O. The van der Waals surface area contributed by atoms with Gasteiger partial charge >= 0.3 is 0 Å². The van der Waals surface area contributed by atoms with E-state index in [9.17, 15) is 4.39 Å². The summed E-state index contributed by atoms with van der Waals surface area (Å²) in [6.45, 7) is 3.82. The number of nitrogens with zero attached hydrogens (tertiary/aromatic N) is 5. The van der Waals surface area contributed by atoms with E-state index in [1.165, 1.54) is 12.1 Å². The zero-order valence-electron chi connectivity index (χ0n) is 17.9. The van der Waals surface area contributed by atoms with Crippen molar-refractivity contribution in [2.24, 2.45) is 0 Å². The zero-order chi connectivity index (χ0) is 22.2. The summed E-state index contributed by atoms with van der Waals surface area (Å²) >= 11 is 0. The Hall–Kier alpha value is -4.20. The first-order valence-electron chi connectivity index (χ1n) is 10.1. The Labute approximate surface area is 184 Å².